The molecule has 1 amide bonds. The number of hydrogen-bond donors (Lipinski definition) is 2. The predicted octanol–water partition coefficient (Wildman–Crippen LogP) is -0.140. The van der Waals surface area contributed by atoms with Gasteiger partial charge in [0.25, 0.3) is 5.56 Å². The number of nitrogens with zero attached hydrogens (tertiary/aromatic N) is 3. The highest BCUT2D eigenvalue weighted by Gasteiger charge is 2.40. The zero-order valence-corrected chi connectivity index (χ0v) is 15.4. The van der Waals surface area contributed by atoms with E-state index in [1.54, 1.807) is 0 Å². The van der Waals surface area contributed by atoms with Gasteiger partial charge < -0.3 is 14.2 Å². The first-order valence-corrected chi connectivity index (χ1v) is 8.45. The average Bonchev–Trinajstić information content (AvgIpc) is 3.16. The Labute approximate surface area is 158 Å². The molecule has 12 heteroatoms. The second kappa shape index (κ2) is 7.76. The van der Waals surface area contributed by atoms with Crippen molar-refractivity contribution in [2.75, 3.05) is 11.9 Å². The van der Waals surface area contributed by atoms with Crippen LogP contribution in [0.2, 0.25) is 0 Å². The molecule has 2 aromatic heterocycles. The topological polar surface area (TPSA) is 155 Å². The Morgan fingerprint density at radius 2 is 2.07 bits per heavy atom. The van der Waals surface area contributed by atoms with Crippen LogP contribution in [0.25, 0.3) is 11.2 Å². The van der Waals surface area contributed by atoms with Gasteiger partial charge >= 0.3 is 11.9 Å². The van der Waals surface area contributed by atoms with E-state index in [2.05, 4.69) is 20.3 Å². The van der Waals surface area contributed by atoms with Crippen molar-refractivity contribution in [3.8, 4) is 0 Å². The van der Waals surface area contributed by atoms with Crippen LogP contribution in [0.4, 0.5) is 5.95 Å². The number of nitrogens with one attached hydrogen (secondary N) is 2. The highest BCUT2D eigenvalue weighted by molar-refractivity contribution is 5.87. The van der Waals surface area contributed by atoms with Gasteiger partial charge in [-0.25, -0.2) is 4.98 Å². The van der Waals surface area contributed by atoms with E-state index in [0.717, 1.165) is 0 Å². The maximum absolute atomic E-state index is 12.5. The number of aromatic nitrogens is 4. The van der Waals surface area contributed by atoms with Crippen LogP contribution in [0, 0.1) is 0 Å². The van der Waals surface area contributed by atoms with Crippen molar-refractivity contribution >= 4 is 35.0 Å². The molecule has 2 N–H and O–H groups in total. The molecule has 1 aliphatic heterocycles. The van der Waals surface area contributed by atoms with Gasteiger partial charge in [-0.05, 0) is 0 Å². The molecule has 0 radical (unpaired) electrons. The maximum Gasteiger partial charge on any atom is 0.303 e. The van der Waals surface area contributed by atoms with Gasteiger partial charge in [-0.15, -0.1) is 0 Å². The zero-order chi connectivity index (χ0) is 20.4. The lowest BCUT2D eigenvalue weighted by atomic mass is 10.2. The summed E-state index contributed by atoms with van der Waals surface area (Å²) in [5.41, 5.74) is -0.278. The van der Waals surface area contributed by atoms with Crippen LogP contribution in [0.3, 0.4) is 0 Å². The summed E-state index contributed by atoms with van der Waals surface area (Å²) in [5.74, 6) is -1.41. The van der Waals surface area contributed by atoms with Gasteiger partial charge in [0.05, 0.1) is 6.33 Å². The molecule has 28 heavy (non-hydrogen) atoms. The van der Waals surface area contributed by atoms with Crippen LogP contribution in [-0.2, 0) is 28.6 Å². The molecule has 3 heterocycles. The number of ether oxygens (including phenoxy) is 3. The van der Waals surface area contributed by atoms with Crippen LogP contribution in [0.15, 0.2) is 11.1 Å². The normalized spacial score (nSPS) is 21.5. The van der Waals surface area contributed by atoms with E-state index in [0.29, 0.717) is 0 Å². The molecule has 0 bridgehead atoms. The number of carbonyl (C=O) groups excluding carboxylic acids is 3. The Balaban J connectivity index is 1.89. The molecular formula is C16H19N5O7. The molecule has 2 aromatic rings. The lowest BCUT2D eigenvalue weighted by Gasteiger charge is -2.17. The van der Waals surface area contributed by atoms with Gasteiger partial charge in [-0.3, -0.25) is 34.0 Å². The zero-order valence-electron chi connectivity index (χ0n) is 15.4. The summed E-state index contributed by atoms with van der Waals surface area (Å²) >= 11 is 0. The third-order valence-corrected chi connectivity index (χ3v) is 3.99. The van der Waals surface area contributed by atoms with E-state index < -0.39 is 41.8 Å². The summed E-state index contributed by atoms with van der Waals surface area (Å²) in [6.07, 6.45) is -0.451. The number of hydrogen-bond acceptors (Lipinski definition) is 9. The fraction of sp³-hybridized carbons (Fsp3) is 0.500. The first-order valence-electron chi connectivity index (χ1n) is 8.45. The minimum Gasteiger partial charge on any atom is -0.463 e. The molecule has 0 unspecified atom stereocenters. The monoisotopic (exact) mass is 393 g/mol. The summed E-state index contributed by atoms with van der Waals surface area (Å²) < 4.78 is 17.5. The summed E-state index contributed by atoms with van der Waals surface area (Å²) in [4.78, 5) is 56.7. The smallest absolute Gasteiger partial charge is 0.303 e. The molecule has 150 valence electrons. The predicted molar refractivity (Wildman–Crippen MR) is 93.2 cm³/mol. The quantitative estimate of drug-likeness (QED) is 0.660. The number of carbonyl (C=O) groups is 3. The van der Waals surface area contributed by atoms with E-state index in [9.17, 15) is 19.2 Å². The highest BCUT2D eigenvalue weighted by Crippen LogP contribution is 2.32. The average molecular weight is 393 g/mol. The molecule has 0 saturated carbocycles. The van der Waals surface area contributed by atoms with Crippen LogP contribution in [0.1, 0.15) is 33.4 Å². The van der Waals surface area contributed by atoms with Gasteiger partial charge in [0.15, 0.2) is 11.2 Å². The number of rotatable bonds is 5. The van der Waals surface area contributed by atoms with Crippen molar-refractivity contribution in [3.05, 3.63) is 16.7 Å². The fourth-order valence-electron chi connectivity index (χ4n) is 2.95. The maximum atomic E-state index is 12.5. The molecular weight excluding hydrogens is 374 g/mol. The molecule has 1 fully saturated rings. The second-order valence-corrected chi connectivity index (χ2v) is 6.24. The fourth-order valence-corrected chi connectivity index (χ4v) is 2.95. The highest BCUT2D eigenvalue weighted by atomic mass is 16.6. The Morgan fingerprint density at radius 1 is 1.32 bits per heavy atom. The Bertz CT molecular complexity index is 981. The summed E-state index contributed by atoms with van der Waals surface area (Å²) in [7, 11) is 0. The Morgan fingerprint density at radius 3 is 2.71 bits per heavy atom. The van der Waals surface area contributed by atoms with Crippen LogP contribution < -0.4 is 10.9 Å². The Hall–Kier alpha value is -3.28. The number of anilines is 1. The lowest BCUT2D eigenvalue weighted by molar-refractivity contribution is -0.155. The summed E-state index contributed by atoms with van der Waals surface area (Å²) in [6.45, 7) is 3.71. The number of esters is 2. The molecule has 1 aliphatic rings. The molecule has 1 saturated heterocycles. The third kappa shape index (κ3) is 4.17. The van der Waals surface area contributed by atoms with Crippen LogP contribution >= 0.6 is 0 Å². The van der Waals surface area contributed by atoms with Crippen molar-refractivity contribution in [2.24, 2.45) is 0 Å². The van der Waals surface area contributed by atoms with Gasteiger partial charge in [0, 0.05) is 27.2 Å². The SMILES string of the molecule is CC(=O)Nc1nc2ncn([C@H]3C[C@H](OC(C)=O)[C@@H](COC(C)=O)O3)c2c(=O)[nH]1. The minimum atomic E-state index is -0.694. The first kappa shape index (κ1) is 19.5. The molecule has 0 spiro atoms. The van der Waals surface area contributed by atoms with E-state index in [4.69, 9.17) is 14.2 Å². The van der Waals surface area contributed by atoms with Crippen molar-refractivity contribution < 1.29 is 28.6 Å². The third-order valence-electron chi connectivity index (χ3n) is 3.99. The summed E-state index contributed by atoms with van der Waals surface area (Å²) in [5, 5.41) is 2.39. The number of aromatic amines is 1. The number of amides is 1. The standard InChI is InChI=1S/C16H19N5O7/c1-7(22)18-16-19-14-13(15(25)20-16)21(6-17-14)12-4-10(27-9(3)24)11(28-12)5-26-8(2)23/h6,10-12H,4-5H2,1-3H3,(H2,18,19,20,22,25)/t10-,11+,12+/m0/s1. The molecule has 3 rings (SSSR count). The van der Waals surface area contributed by atoms with E-state index in [-0.39, 0.29) is 30.1 Å². The van der Waals surface area contributed by atoms with Crippen LogP contribution in [-0.4, -0.2) is 56.2 Å². The largest absolute Gasteiger partial charge is 0.463 e. The van der Waals surface area contributed by atoms with Gasteiger partial charge in [-0.2, -0.15) is 4.98 Å². The van der Waals surface area contributed by atoms with Gasteiger partial charge in [0.1, 0.15) is 25.0 Å². The van der Waals surface area contributed by atoms with Crippen LogP contribution in [0.5, 0.6) is 0 Å². The van der Waals surface area contributed by atoms with E-state index >= 15 is 0 Å². The minimum absolute atomic E-state index is 0.0203. The molecule has 3 atom stereocenters. The van der Waals surface area contributed by atoms with Gasteiger partial charge in [-0.1, -0.05) is 0 Å². The van der Waals surface area contributed by atoms with Gasteiger partial charge in [0.2, 0.25) is 11.9 Å². The second-order valence-electron chi connectivity index (χ2n) is 6.24. The van der Waals surface area contributed by atoms with E-state index in [1.165, 1.54) is 31.7 Å². The van der Waals surface area contributed by atoms with Crippen molar-refractivity contribution in [2.45, 2.75) is 45.6 Å². The van der Waals surface area contributed by atoms with Crippen molar-refractivity contribution in [3.63, 3.8) is 0 Å². The molecule has 12 nitrogen and oxygen atoms in total. The van der Waals surface area contributed by atoms with E-state index in [1.807, 2.05) is 0 Å². The number of fused-ring (bicyclic) bond motifs is 1. The molecule has 0 aliphatic carbocycles. The Kier molecular flexibility index (Phi) is 5.40. The summed E-state index contributed by atoms with van der Waals surface area (Å²) in [6, 6.07) is 0. The van der Waals surface area contributed by atoms with Crippen molar-refractivity contribution in [1.29, 1.82) is 0 Å². The molecule has 0 aromatic carbocycles. The van der Waals surface area contributed by atoms with Crippen molar-refractivity contribution in [1.82, 2.24) is 19.5 Å². The lowest BCUT2D eigenvalue weighted by Crippen LogP contribution is -2.31. The number of imidazole rings is 1. The first-order chi connectivity index (χ1) is 13.2. The number of H-pyrrole nitrogens is 1.